The first-order valence-electron chi connectivity index (χ1n) is 6.63. The van der Waals surface area contributed by atoms with Crippen molar-refractivity contribution in [2.45, 2.75) is 44.4 Å². The van der Waals surface area contributed by atoms with Crippen molar-refractivity contribution in [3.63, 3.8) is 0 Å². The number of methoxy groups -OCH3 is 1. The number of nitrogens with zero attached hydrogens (tertiary/aromatic N) is 1. The van der Waals surface area contributed by atoms with Crippen molar-refractivity contribution in [3.8, 4) is 5.75 Å². The maximum absolute atomic E-state index is 9.30. The summed E-state index contributed by atoms with van der Waals surface area (Å²) in [5.41, 5.74) is 2.02. The molecule has 18 heavy (non-hydrogen) atoms. The molecule has 1 aromatic rings. The van der Waals surface area contributed by atoms with E-state index in [2.05, 4.69) is 24.2 Å². The second-order valence-electron chi connectivity index (χ2n) is 4.92. The lowest BCUT2D eigenvalue weighted by molar-refractivity contribution is 0.302. The van der Waals surface area contributed by atoms with Crippen LogP contribution in [0.4, 0.5) is 0 Å². The van der Waals surface area contributed by atoms with Gasteiger partial charge in [0.2, 0.25) is 0 Å². The Bertz CT molecular complexity index is 442. The maximum Gasteiger partial charge on any atom is 0.119 e. The van der Waals surface area contributed by atoms with Crippen LogP contribution in [0.15, 0.2) is 29.4 Å². The van der Waals surface area contributed by atoms with Crippen LogP contribution >= 0.6 is 0 Å². The van der Waals surface area contributed by atoms with Crippen molar-refractivity contribution < 1.29 is 9.94 Å². The predicted molar refractivity (Wildman–Crippen MR) is 72.7 cm³/mol. The maximum atomic E-state index is 9.30. The minimum absolute atomic E-state index is 0.110. The third kappa shape index (κ3) is 2.09. The molecule has 1 fully saturated rings. The molecule has 2 rings (SSSR count). The lowest BCUT2D eigenvalue weighted by atomic mass is 9.66. The van der Waals surface area contributed by atoms with Crippen molar-refractivity contribution in [2.75, 3.05) is 7.11 Å². The van der Waals surface area contributed by atoms with Crippen LogP contribution in [0.2, 0.25) is 0 Å². The molecule has 1 aliphatic rings. The SMILES string of the molecule is CC[C@]1(c2cccc(OC)c2)CCCCC1=NO. The van der Waals surface area contributed by atoms with Gasteiger partial charge in [0.1, 0.15) is 5.75 Å². The third-order valence-corrected chi connectivity index (χ3v) is 4.17. The molecule has 3 heteroatoms. The summed E-state index contributed by atoms with van der Waals surface area (Å²) in [4.78, 5) is 0. The van der Waals surface area contributed by atoms with Gasteiger partial charge < -0.3 is 9.94 Å². The highest BCUT2D eigenvalue weighted by molar-refractivity contribution is 5.95. The van der Waals surface area contributed by atoms with Gasteiger partial charge in [-0.05, 0) is 43.4 Å². The standard InChI is InChI=1S/C15H21NO2/c1-3-15(10-5-4-9-14(15)16-17)12-7-6-8-13(11-12)18-2/h6-8,11,17H,3-5,9-10H2,1-2H3/t15-/m1/s1. The highest BCUT2D eigenvalue weighted by Crippen LogP contribution is 2.41. The van der Waals surface area contributed by atoms with E-state index in [1.807, 2.05) is 12.1 Å². The Hall–Kier alpha value is -1.51. The zero-order valence-electron chi connectivity index (χ0n) is 11.1. The van der Waals surface area contributed by atoms with Gasteiger partial charge in [-0.3, -0.25) is 0 Å². The van der Waals surface area contributed by atoms with Crippen molar-refractivity contribution in [3.05, 3.63) is 29.8 Å². The number of rotatable bonds is 3. The smallest absolute Gasteiger partial charge is 0.119 e. The van der Waals surface area contributed by atoms with Gasteiger partial charge in [0, 0.05) is 5.41 Å². The summed E-state index contributed by atoms with van der Waals surface area (Å²) < 4.78 is 5.30. The molecule has 1 aliphatic carbocycles. The molecule has 0 spiro atoms. The molecule has 1 atom stereocenters. The summed E-state index contributed by atoms with van der Waals surface area (Å²) in [7, 11) is 1.68. The fourth-order valence-corrected chi connectivity index (χ4v) is 3.07. The van der Waals surface area contributed by atoms with Crippen LogP contribution in [0.3, 0.4) is 0 Å². The lowest BCUT2D eigenvalue weighted by Crippen LogP contribution is -2.38. The zero-order valence-corrected chi connectivity index (χ0v) is 11.1. The Balaban J connectivity index is 2.47. The largest absolute Gasteiger partial charge is 0.497 e. The third-order valence-electron chi connectivity index (χ3n) is 4.17. The highest BCUT2D eigenvalue weighted by Gasteiger charge is 2.38. The molecule has 1 aromatic carbocycles. The van der Waals surface area contributed by atoms with Gasteiger partial charge in [0.25, 0.3) is 0 Å². The number of ether oxygens (including phenoxy) is 1. The first kappa shape index (κ1) is 12.9. The van der Waals surface area contributed by atoms with Gasteiger partial charge in [-0.1, -0.05) is 30.6 Å². The number of benzene rings is 1. The Morgan fingerprint density at radius 3 is 2.89 bits per heavy atom. The molecule has 0 aliphatic heterocycles. The molecule has 98 valence electrons. The molecule has 1 saturated carbocycles. The molecule has 1 N–H and O–H groups in total. The van der Waals surface area contributed by atoms with E-state index in [9.17, 15) is 5.21 Å². The fourth-order valence-electron chi connectivity index (χ4n) is 3.07. The van der Waals surface area contributed by atoms with Crippen LogP contribution in [0.1, 0.15) is 44.6 Å². The van der Waals surface area contributed by atoms with Crippen LogP contribution in [0, 0.1) is 0 Å². The van der Waals surface area contributed by atoms with E-state index < -0.39 is 0 Å². The Labute approximate surface area is 108 Å². The van der Waals surface area contributed by atoms with Gasteiger partial charge in [-0.2, -0.15) is 0 Å². The van der Waals surface area contributed by atoms with Crippen LogP contribution in [0.5, 0.6) is 5.75 Å². The topological polar surface area (TPSA) is 41.8 Å². The van der Waals surface area contributed by atoms with E-state index in [0.29, 0.717) is 0 Å². The van der Waals surface area contributed by atoms with Crippen LogP contribution < -0.4 is 4.74 Å². The molecule has 3 nitrogen and oxygen atoms in total. The molecule has 0 amide bonds. The fraction of sp³-hybridized carbons (Fsp3) is 0.533. The van der Waals surface area contributed by atoms with E-state index in [-0.39, 0.29) is 5.41 Å². The van der Waals surface area contributed by atoms with Gasteiger partial charge in [-0.25, -0.2) is 0 Å². The molecule has 0 bridgehead atoms. The average Bonchev–Trinajstić information content (AvgIpc) is 2.47. The number of hydrogen-bond donors (Lipinski definition) is 1. The van der Waals surface area contributed by atoms with Crippen molar-refractivity contribution >= 4 is 5.71 Å². The van der Waals surface area contributed by atoms with Crippen molar-refractivity contribution in [2.24, 2.45) is 5.16 Å². The Kier molecular flexibility index (Phi) is 3.90. The van der Waals surface area contributed by atoms with E-state index >= 15 is 0 Å². The lowest BCUT2D eigenvalue weighted by Gasteiger charge is -2.37. The highest BCUT2D eigenvalue weighted by atomic mass is 16.5. The summed E-state index contributed by atoms with van der Waals surface area (Å²) in [5, 5.41) is 12.9. The number of oxime groups is 1. The summed E-state index contributed by atoms with van der Waals surface area (Å²) in [6.45, 7) is 2.16. The van der Waals surface area contributed by atoms with E-state index in [1.165, 1.54) is 12.0 Å². The zero-order chi connectivity index (χ0) is 13.0. The summed E-state index contributed by atoms with van der Waals surface area (Å²) in [5.74, 6) is 0.864. The second kappa shape index (κ2) is 5.42. The van der Waals surface area contributed by atoms with Gasteiger partial charge in [0.15, 0.2) is 0 Å². The Morgan fingerprint density at radius 2 is 2.22 bits per heavy atom. The monoisotopic (exact) mass is 247 g/mol. The molecular weight excluding hydrogens is 226 g/mol. The summed E-state index contributed by atoms with van der Waals surface area (Å²) in [6, 6.07) is 8.14. The molecule has 0 aromatic heterocycles. The van der Waals surface area contributed by atoms with E-state index in [0.717, 1.165) is 37.1 Å². The first-order chi connectivity index (χ1) is 8.76. The minimum Gasteiger partial charge on any atom is -0.497 e. The van der Waals surface area contributed by atoms with Crippen LogP contribution in [-0.4, -0.2) is 18.0 Å². The quantitative estimate of drug-likeness (QED) is 0.653. The van der Waals surface area contributed by atoms with Crippen LogP contribution in [0.25, 0.3) is 0 Å². The first-order valence-corrected chi connectivity index (χ1v) is 6.63. The number of hydrogen-bond acceptors (Lipinski definition) is 3. The molecule has 0 unspecified atom stereocenters. The molecule has 0 radical (unpaired) electrons. The molecule has 0 saturated heterocycles. The molecule has 0 heterocycles. The van der Waals surface area contributed by atoms with Crippen molar-refractivity contribution in [1.82, 2.24) is 0 Å². The summed E-state index contributed by atoms with van der Waals surface area (Å²) in [6.07, 6.45) is 5.20. The van der Waals surface area contributed by atoms with Crippen molar-refractivity contribution in [1.29, 1.82) is 0 Å². The summed E-state index contributed by atoms with van der Waals surface area (Å²) >= 11 is 0. The predicted octanol–water partition coefficient (Wildman–Crippen LogP) is 3.75. The molecular formula is C15H21NO2. The average molecular weight is 247 g/mol. The Morgan fingerprint density at radius 1 is 1.39 bits per heavy atom. The second-order valence-corrected chi connectivity index (χ2v) is 4.92. The van der Waals surface area contributed by atoms with E-state index in [1.54, 1.807) is 7.11 Å². The van der Waals surface area contributed by atoms with E-state index in [4.69, 9.17) is 4.74 Å². The van der Waals surface area contributed by atoms with Crippen LogP contribution in [-0.2, 0) is 5.41 Å². The normalized spacial score (nSPS) is 26.2. The van der Waals surface area contributed by atoms with Gasteiger partial charge >= 0.3 is 0 Å². The minimum atomic E-state index is -0.110. The van der Waals surface area contributed by atoms with Gasteiger partial charge in [-0.15, -0.1) is 0 Å². The van der Waals surface area contributed by atoms with Gasteiger partial charge in [0.05, 0.1) is 12.8 Å².